The van der Waals surface area contributed by atoms with E-state index in [1.54, 1.807) is 26.3 Å². The van der Waals surface area contributed by atoms with Crippen LogP contribution in [0.5, 0.6) is 5.75 Å². The topological polar surface area (TPSA) is 66.9 Å². The van der Waals surface area contributed by atoms with Crippen molar-refractivity contribution in [2.24, 2.45) is 0 Å². The molecule has 2 aromatic rings. The third-order valence-electron chi connectivity index (χ3n) is 3.78. The number of likely N-dealkylation sites (N-methyl/N-ethyl adjacent to an activating group) is 1. The molecule has 0 heterocycles. The third kappa shape index (κ3) is 5.19. The fourth-order valence-corrected chi connectivity index (χ4v) is 3.21. The quantitative estimate of drug-likeness (QED) is 0.739. The van der Waals surface area contributed by atoms with E-state index in [0.29, 0.717) is 12.3 Å². The number of sulfonamides is 1. The molecule has 0 spiro atoms. The van der Waals surface area contributed by atoms with Gasteiger partial charge in [-0.05, 0) is 35.9 Å². The zero-order valence-corrected chi connectivity index (χ0v) is 15.7. The van der Waals surface area contributed by atoms with Gasteiger partial charge in [0.15, 0.2) is 0 Å². The summed E-state index contributed by atoms with van der Waals surface area (Å²) in [6.45, 7) is -0.0987. The van der Waals surface area contributed by atoms with Crippen molar-refractivity contribution < 1.29 is 22.3 Å². The lowest BCUT2D eigenvalue weighted by Gasteiger charge is -2.25. The Morgan fingerprint density at radius 2 is 1.81 bits per heavy atom. The van der Waals surface area contributed by atoms with E-state index in [0.717, 1.165) is 22.2 Å². The third-order valence-corrected chi connectivity index (χ3v) is 4.92. The van der Waals surface area contributed by atoms with Crippen molar-refractivity contribution >= 4 is 21.6 Å². The average molecular weight is 380 g/mol. The highest BCUT2D eigenvalue weighted by atomic mass is 32.2. The van der Waals surface area contributed by atoms with Crippen molar-refractivity contribution in [3.8, 4) is 5.75 Å². The van der Waals surface area contributed by atoms with E-state index in [9.17, 15) is 17.6 Å². The van der Waals surface area contributed by atoms with Crippen molar-refractivity contribution in [3.63, 3.8) is 0 Å². The first-order valence-corrected chi connectivity index (χ1v) is 9.65. The van der Waals surface area contributed by atoms with Gasteiger partial charge in [-0.2, -0.15) is 0 Å². The summed E-state index contributed by atoms with van der Waals surface area (Å²) in [5.41, 5.74) is 0.983. The monoisotopic (exact) mass is 380 g/mol. The number of halogens is 1. The van der Waals surface area contributed by atoms with Crippen LogP contribution in [0, 0.1) is 5.82 Å². The van der Waals surface area contributed by atoms with E-state index >= 15 is 0 Å². The number of methoxy groups -OCH3 is 1. The first kappa shape index (κ1) is 19.7. The molecule has 2 aromatic carbocycles. The first-order valence-electron chi connectivity index (χ1n) is 7.81. The Hall–Kier alpha value is -2.61. The van der Waals surface area contributed by atoms with Gasteiger partial charge in [0, 0.05) is 13.6 Å². The highest BCUT2D eigenvalue weighted by Gasteiger charge is 2.23. The lowest BCUT2D eigenvalue weighted by atomic mass is 10.2. The summed E-state index contributed by atoms with van der Waals surface area (Å²) >= 11 is 0. The molecule has 6 nitrogen and oxygen atoms in total. The molecule has 0 bridgehead atoms. The maximum absolute atomic E-state index is 13.4. The molecule has 0 aliphatic heterocycles. The number of rotatable bonds is 7. The maximum Gasteiger partial charge on any atom is 0.243 e. The summed E-state index contributed by atoms with van der Waals surface area (Å²) in [4.78, 5) is 13.9. The van der Waals surface area contributed by atoms with Crippen LogP contribution in [0.4, 0.5) is 10.1 Å². The van der Waals surface area contributed by atoms with E-state index in [1.165, 1.54) is 23.1 Å². The van der Waals surface area contributed by atoms with Gasteiger partial charge >= 0.3 is 0 Å². The number of carbonyl (C=O) groups excluding carboxylic acids is 1. The summed E-state index contributed by atoms with van der Waals surface area (Å²) in [5, 5.41) is 0. The molecule has 0 unspecified atom stereocenters. The van der Waals surface area contributed by atoms with Crippen LogP contribution < -0.4 is 9.04 Å². The van der Waals surface area contributed by atoms with Gasteiger partial charge in [-0.3, -0.25) is 9.10 Å². The molecule has 0 aliphatic rings. The smallest absolute Gasteiger partial charge is 0.243 e. The largest absolute Gasteiger partial charge is 0.497 e. The second-order valence-electron chi connectivity index (χ2n) is 5.85. The molecule has 0 radical (unpaired) electrons. The Morgan fingerprint density at radius 1 is 1.15 bits per heavy atom. The molecule has 0 saturated carbocycles. The standard InChI is InChI=1S/C18H21FN2O4S/c1-20(12-14-7-9-17(25-2)10-8-14)18(22)13-21(26(3,23)24)16-6-4-5-15(19)11-16/h4-11H,12-13H2,1-3H3. The zero-order valence-electron chi connectivity index (χ0n) is 14.8. The number of hydrogen-bond acceptors (Lipinski definition) is 4. The molecule has 8 heteroatoms. The molecule has 0 N–H and O–H groups in total. The summed E-state index contributed by atoms with van der Waals surface area (Å²) in [7, 11) is -0.594. The molecule has 0 saturated heterocycles. The summed E-state index contributed by atoms with van der Waals surface area (Å²) in [6, 6.07) is 12.3. The van der Waals surface area contributed by atoms with Gasteiger partial charge in [-0.15, -0.1) is 0 Å². The van der Waals surface area contributed by atoms with Gasteiger partial charge in [-0.25, -0.2) is 12.8 Å². The average Bonchev–Trinajstić information content (AvgIpc) is 2.59. The van der Waals surface area contributed by atoms with Crippen LogP contribution in [-0.2, 0) is 21.4 Å². The number of hydrogen-bond donors (Lipinski definition) is 0. The number of anilines is 1. The van der Waals surface area contributed by atoms with Gasteiger partial charge in [0.1, 0.15) is 18.1 Å². The summed E-state index contributed by atoms with van der Waals surface area (Å²) < 4.78 is 43.5. The van der Waals surface area contributed by atoms with Crippen LogP contribution in [0.1, 0.15) is 5.56 Å². The highest BCUT2D eigenvalue weighted by molar-refractivity contribution is 7.92. The minimum atomic E-state index is -3.74. The highest BCUT2D eigenvalue weighted by Crippen LogP contribution is 2.19. The minimum absolute atomic E-state index is 0.110. The minimum Gasteiger partial charge on any atom is -0.497 e. The molecule has 1 amide bonds. The van der Waals surface area contributed by atoms with Crippen LogP contribution >= 0.6 is 0 Å². The number of amides is 1. The lowest BCUT2D eigenvalue weighted by molar-refractivity contribution is -0.128. The Kier molecular flexibility index (Phi) is 6.20. The number of benzene rings is 2. The van der Waals surface area contributed by atoms with E-state index in [-0.39, 0.29) is 5.69 Å². The Balaban J connectivity index is 2.13. The molecule has 0 aromatic heterocycles. The maximum atomic E-state index is 13.4. The number of carbonyl (C=O) groups is 1. The zero-order chi connectivity index (χ0) is 19.3. The van der Waals surface area contributed by atoms with Gasteiger partial charge in [-0.1, -0.05) is 18.2 Å². The molecular formula is C18H21FN2O4S. The number of nitrogens with zero attached hydrogens (tertiary/aromatic N) is 2. The fraction of sp³-hybridized carbons (Fsp3) is 0.278. The van der Waals surface area contributed by atoms with E-state index in [4.69, 9.17) is 4.74 Å². The molecule has 0 atom stereocenters. The Morgan fingerprint density at radius 3 is 2.35 bits per heavy atom. The predicted molar refractivity (Wildman–Crippen MR) is 98.1 cm³/mol. The van der Waals surface area contributed by atoms with Crippen LogP contribution in [0.2, 0.25) is 0 Å². The molecule has 0 fully saturated rings. The molecular weight excluding hydrogens is 359 g/mol. The van der Waals surface area contributed by atoms with Crippen molar-refractivity contribution in [1.29, 1.82) is 0 Å². The van der Waals surface area contributed by atoms with Crippen molar-refractivity contribution in [1.82, 2.24) is 4.90 Å². The van der Waals surface area contributed by atoms with Gasteiger partial charge in [0.2, 0.25) is 15.9 Å². The summed E-state index contributed by atoms with van der Waals surface area (Å²) in [6.07, 6.45) is 0.981. The van der Waals surface area contributed by atoms with Gasteiger partial charge in [0.25, 0.3) is 0 Å². The lowest BCUT2D eigenvalue weighted by Crippen LogP contribution is -2.41. The van der Waals surface area contributed by atoms with Crippen LogP contribution in [0.15, 0.2) is 48.5 Å². The SMILES string of the molecule is COc1ccc(CN(C)C(=O)CN(c2cccc(F)c2)S(C)(=O)=O)cc1. The fourth-order valence-electron chi connectivity index (χ4n) is 2.37. The van der Waals surface area contributed by atoms with Crippen molar-refractivity contribution in [2.45, 2.75) is 6.54 Å². The van der Waals surface area contributed by atoms with Crippen LogP contribution in [0.3, 0.4) is 0 Å². The van der Waals surface area contributed by atoms with E-state index in [1.807, 2.05) is 12.1 Å². The molecule has 2 rings (SSSR count). The Labute approximate surface area is 152 Å². The van der Waals surface area contributed by atoms with Gasteiger partial charge < -0.3 is 9.64 Å². The Bertz CT molecular complexity index is 869. The summed E-state index contributed by atoms with van der Waals surface area (Å²) in [5.74, 6) is -0.275. The van der Waals surface area contributed by atoms with E-state index < -0.39 is 28.3 Å². The number of ether oxygens (including phenoxy) is 1. The van der Waals surface area contributed by atoms with Crippen molar-refractivity contribution in [3.05, 3.63) is 59.9 Å². The first-order chi connectivity index (χ1) is 12.2. The second kappa shape index (κ2) is 8.18. The van der Waals surface area contributed by atoms with Gasteiger partial charge in [0.05, 0.1) is 19.1 Å². The van der Waals surface area contributed by atoms with Crippen molar-refractivity contribution in [2.75, 3.05) is 31.3 Å². The molecule has 0 aliphatic carbocycles. The molecule has 26 heavy (non-hydrogen) atoms. The predicted octanol–water partition coefficient (Wildman–Crippen LogP) is 2.26. The van der Waals surface area contributed by atoms with Crippen LogP contribution in [0.25, 0.3) is 0 Å². The van der Waals surface area contributed by atoms with E-state index in [2.05, 4.69) is 0 Å². The second-order valence-corrected chi connectivity index (χ2v) is 7.75. The molecule has 140 valence electrons. The van der Waals surface area contributed by atoms with Crippen LogP contribution in [-0.4, -0.2) is 46.2 Å². The normalized spacial score (nSPS) is 11.1.